The van der Waals surface area contributed by atoms with Crippen LogP contribution in [0.15, 0.2) is 34.5 Å². The maximum absolute atomic E-state index is 2.27. The average molecular weight is 194 g/mol. The zero-order valence-corrected chi connectivity index (χ0v) is 8.54. The molecule has 2 heteroatoms. The van der Waals surface area contributed by atoms with Gasteiger partial charge in [-0.3, -0.25) is 0 Å². The lowest BCUT2D eigenvalue weighted by molar-refractivity contribution is 1.51. The molecular weight excluding hydrogens is 184 g/mol. The number of benzene rings is 1. The van der Waals surface area contributed by atoms with Crippen molar-refractivity contribution >= 4 is 33.2 Å². The molecule has 0 unspecified atom stereocenters. The van der Waals surface area contributed by atoms with Crippen molar-refractivity contribution in [2.75, 3.05) is 5.75 Å². The maximum Gasteiger partial charge on any atom is 0.0611 e. The molecule has 1 aromatic carbocycles. The molecule has 0 N–H and O–H groups in total. The van der Waals surface area contributed by atoms with Crippen LogP contribution in [0.25, 0.3) is 10.1 Å². The SMILES string of the molecule is CCSc1cc2ccccc2s1. The zero-order chi connectivity index (χ0) is 8.39. The Labute approximate surface area is 80.6 Å². The van der Waals surface area contributed by atoms with Gasteiger partial charge in [0.25, 0.3) is 0 Å². The minimum atomic E-state index is 1.16. The van der Waals surface area contributed by atoms with Crippen molar-refractivity contribution in [3.8, 4) is 0 Å². The van der Waals surface area contributed by atoms with Gasteiger partial charge in [-0.25, -0.2) is 0 Å². The summed E-state index contributed by atoms with van der Waals surface area (Å²) in [5.74, 6) is 1.16. The second-order valence-corrected chi connectivity index (χ2v) is 5.18. The van der Waals surface area contributed by atoms with E-state index in [4.69, 9.17) is 0 Å². The molecule has 0 saturated heterocycles. The summed E-state index contributed by atoms with van der Waals surface area (Å²) in [5.41, 5.74) is 0. The van der Waals surface area contributed by atoms with Gasteiger partial charge in [0.05, 0.1) is 4.21 Å². The Morgan fingerprint density at radius 1 is 1.33 bits per heavy atom. The highest BCUT2D eigenvalue weighted by Crippen LogP contribution is 2.32. The van der Waals surface area contributed by atoms with Crippen molar-refractivity contribution in [1.82, 2.24) is 0 Å². The summed E-state index contributed by atoms with van der Waals surface area (Å²) in [5, 5.41) is 1.37. The van der Waals surface area contributed by atoms with Gasteiger partial charge in [0.15, 0.2) is 0 Å². The lowest BCUT2D eigenvalue weighted by Crippen LogP contribution is -1.60. The Morgan fingerprint density at radius 2 is 2.17 bits per heavy atom. The standard InChI is InChI=1S/C10H10S2/c1-2-11-10-7-8-5-3-4-6-9(8)12-10/h3-7H,2H2,1H3. The van der Waals surface area contributed by atoms with E-state index in [0.717, 1.165) is 5.75 Å². The van der Waals surface area contributed by atoms with Crippen LogP contribution in [0.5, 0.6) is 0 Å². The molecule has 0 aliphatic heterocycles. The van der Waals surface area contributed by atoms with Crippen molar-refractivity contribution in [2.24, 2.45) is 0 Å². The summed E-state index contributed by atoms with van der Waals surface area (Å²) in [6, 6.07) is 10.8. The van der Waals surface area contributed by atoms with Gasteiger partial charge in [-0.15, -0.1) is 23.1 Å². The molecule has 1 heterocycles. The first-order valence-electron chi connectivity index (χ1n) is 4.01. The highest BCUT2D eigenvalue weighted by atomic mass is 32.2. The fraction of sp³-hybridized carbons (Fsp3) is 0.200. The second kappa shape index (κ2) is 3.50. The van der Waals surface area contributed by atoms with Crippen LogP contribution in [0.1, 0.15) is 6.92 Å². The Hall–Kier alpha value is -0.470. The molecule has 0 atom stereocenters. The van der Waals surface area contributed by atoms with E-state index in [2.05, 4.69) is 37.3 Å². The van der Waals surface area contributed by atoms with Gasteiger partial charge >= 0.3 is 0 Å². The first kappa shape index (κ1) is 8.14. The molecule has 12 heavy (non-hydrogen) atoms. The molecule has 0 radical (unpaired) electrons. The summed E-state index contributed by atoms with van der Waals surface area (Å²) < 4.78 is 2.83. The van der Waals surface area contributed by atoms with Crippen LogP contribution in [0.2, 0.25) is 0 Å². The predicted molar refractivity (Wildman–Crippen MR) is 58.2 cm³/mol. The summed E-state index contributed by atoms with van der Waals surface area (Å²) in [4.78, 5) is 0. The van der Waals surface area contributed by atoms with Crippen molar-refractivity contribution in [1.29, 1.82) is 0 Å². The van der Waals surface area contributed by atoms with E-state index in [1.807, 2.05) is 23.1 Å². The molecule has 0 fully saturated rings. The number of hydrogen-bond acceptors (Lipinski definition) is 2. The molecule has 0 aliphatic rings. The first-order valence-corrected chi connectivity index (χ1v) is 5.81. The quantitative estimate of drug-likeness (QED) is 0.651. The van der Waals surface area contributed by atoms with Crippen LogP contribution in [-0.4, -0.2) is 5.75 Å². The van der Waals surface area contributed by atoms with Crippen molar-refractivity contribution in [2.45, 2.75) is 11.1 Å². The molecule has 0 amide bonds. The van der Waals surface area contributed by atoms with Gasteiger partial charge in [0.1, 0.15) is 0 Å². The van der Waals surface area contributed by atoms with Gasteiger partial charge in [-0.1, -0.05) is 25.1 Å². The van der Waals surface area contributed by atoms with Crippen molar-refractivity contribution in [3.63, 3.8) is 0 Å². The molecular formula is C10H10S2. The molecule has 0 bridgehead atoms. The highest BCUT2D eigenvalue weighted by molar-refractivity contribution is 8.01. The van der Waals surface area contributed by atoms with E-state index in [1.54, 1.807) is 0 Å². The van der Waals surface area contributed by atoms with E-state index < -0.39 is 0 Å². The largest absolute Gasteiger partial charge is 0.129 e. The Morgan fingerprint density at radius 3 is 2.92 bits per heavy atom. The molecule has 0 nitrogen and oxygen atoms in total. The number of fused-ring (bicyclic) bond motifs is 1. The van der Waals surface area contributed by atoms with E-state index in [-0.39, 0.29) is 0 Å². The Balaban J connectivity index is 2.47. The molecule has 2 aromatic rings. The number of hydrogen-bond donors (Lipinski definition) is 0. The summed E-state index contributed by atoms with van der Waals surface area (Å²) >= 11 is 3.80. The maximum atomic E-state index is 2.27. The van der Waals surface area contributed by atoms with E-state index in [0.29, 0.717) is 0 Å². The number of rotatable bonds is 2. The summed E-state index contributed by atoms with van der Waals surface area (Å²) in [6.45, 7) is 2.19. The molecule has 62 valence electrons. The normalized spacial score (nSPS) is 10.8. The van der Waals surface area contributed by atoms with Crippen molar-refractivity contribution < 1.29 is 0 Å². The third-order valence-corrected chi connectivity index (χ3v) is 3.89. The minimum absolute atomic E-state index is 1.16. The van der Waals surface area contributed by atoms with E-state index >= 15 is 0 Å². The van der Waals surface area contributed by atoms with Crippen LogP contribution in [0.4, 0.5) is 0 Å². The summed E-state index contributed by atoms with van der Waals surface area (Å²) in [7, 11) is 0. The van der Waals surface area contributed by atoms with Crippen LogP contribution in [0, 0.1) is 0 Å². The highest BCUT2D eigenvalue weighted by Gasteiger charge is 1.98. The van der Waals surface area contributed by atoms with Crippen LogP contribution >= 0.6 is 23.1 Å². The minimum Gasteiger partial charge on any atom is -0.129 e. The smallest absolute Gasteiger partial charge is 0.0611 e. The van der Waals surface area contributed by atoms with Crippen molar-refractivity contribution in [3.05, 3.63) is 30.3 Å². The molecule has 1 aromatic heterocycles. The lowest BCUT2D eigenvalue weighted by atomic mass is 10.3. The topological polar surface area (TPSA) is 0 Å². The lowest BCUT2D eigenvalue weighted by Gasteiger charge is -1.86. The Kier molecular flexibility index (Phi) is 2.38. The first-order chi connectivity index (χ1) is 5.90. The van der Waals surface area contributed by atoms with Gasteiger partial charge in [-0.05, 0) is 23.3 Å². The third-order valence-electron chi connectivity index (χ3n) is 1.69. The molecule has 0 aliphatic carbocycles. The average Bonchev–Trinajstić information content (AvgIpc) is 2.47. The molecule has 2 rings (SSSR count). The number of thioether (sulfide) groups is 1. The number of thiophene rings is 1. The van der Waals surface area contributed by atoms with Gasteiger partial charge in [0.2, 0.25) is 0 Å². The molecule has 0 saturated carbocycles. The third kappa shape index (κ3) is 1.50. The second-order valence-electron chi connectivity index (χ2n) is 2.54. The molecule has 0 spiro atoms. The fourth-order valence-corrected chi connectivity index (χ4v) is 3.32. The van der Waals surface area contributed by atoms with Gasteiger partial charge in [-0.2, -0.15) is 0 Å². The fourth-order valence-electron chi connectivity index (χ4n) is 1.17. The monoisotopic (exact) mass is 194 g/mol. The zero-order valence-electron chi connectivity index (χ0n) is 6.91. The Bertz CT molecular complexity index is 343. The van der Waals surface area contributed by atoms with Crippen LogP contribution in [0.3, 0.4) is 0 Å². The van der Waals surface area contributed by atoms with E-state index in [9.17, 15) is 0 Å². The summed E-state index contributed by atoms with van der Waals surface area (Å²) in [6.07, 6.45) is 0. The van der Waals surface area contributed by atoms with Crippen LogP contribution < -0.4 is 0 Å². The predicted octanol–water partition coefficient (Wildman–Crippen LogP) is 4.01. The van der Waals surface area contributed by atoms with Gasteiger partial charge in [0, 0.05) is 4.70 Å². The van der Waals surface area contributed by atoms with Gasteiger partial charge < -0.3 is 0 Å². The van der Waals surface area contributed by atoms with Crippen LogP contribution in [-0.2, 0) is 0 Å². The van der Waals surface area contributed by atoms with E-state index in [1.165, 1.54) is 14.3 Å².